The van der Waals surface area contributed by atoms with E-state index >= 15 is 0 Å². The zero-order valence-corrected chi connectivity index (χ0v) is 13.2. The standard InChI is InChI=1S/C16H16BrFN2O/c1-2-19-10-11-5-3-4-6-15(11)20-16(21)13-9-12(18)7-8-14(13)17/h3-9,19H,2,10H2,1H3,(H,20,21). The Morgan fingerprint density at radius 2 is 2.00 bits per heavy atom. The van der Waals surface area contributed by atoms with E-state index in [1.54, 1.807) is 0 Å². The highest BCUT2D eigenvalue weighted by molar-refractivity contribution is 9.10. The van der Waals surface area contributed by atoms with Crippen LogP contribution in [0.2, 0.25) is 0 Å². The Bertz CT molecular complexity index is 646. The first kappa shape index (κ1) is 15.7. The Morgan fingerprint density at radius 1 is 1.24 bits per heavy atom. The minimum atomic E-state index is -0.440. The number of hydrogen-bond donors (Lipinski definition) is 2. The highest BCUT2D eigenvalue weighted by Gasteiger charge is 2.13. The van der Waals surface area contributed by atoms with Gasteiger partial charge in [0, 0.05) is 16.7 Å². The van der Waals surface area contributed by atoms with Gasteiger partial charge in [-0.2, -0.15) is 0 Å². The second kappa shape index (κ2) is 7.33. The van der Waals surface area contributed by atoms with Gasteiger partial charge in [0.1, 0.15) is 5.82 Å². The summed E-state index contributed by atoms with van der Waals surface area (Å²) in [5.74, 6) is -0.783. The van der Waals surface area contributed by atoms with Crippen molar-refractivity contribution in [3.05, 3.63) is 63.9 Å². The molecule has 0 aliphatic heterocycles. The first-order chi connectivity index (χ1) is 10.1. The van der Waals surface area contributed by atoms with Crippen molar-refractivity contribution < 1.29 is 9.18 Å². The predicted octanol–water partition coefficient (Wildman–Crippen LogP) is 3.95. The van der Waals surface area contributed by atoms with Crippen LogP contribution in [-0.4, -0.2) is 12.5 Å². The van der Waals surface area contributed by atoms with E-state index in [9.17, 15) is 9.18 Å². The monoisotopic (exact) mass is 350 g/mol. The molecule has 2 N–H and O–H groups in total. The predicted molar refractivity (Wildman–Crippen MR) is 85.9 cm³/mol. The maximum absolute atomic E-state index is 13.3. The number of carbonyl (C=O) groups is 1. The summed E-state index contributed by atoms with van der Waals surface area (Å²) in [6.07, 6.45) is 0. The molecule has 0 bridgehead atoms. The molecule has 2 aromatic rings. The van der Waals surface area contributed by atoms with E-state index in [4.69, 9.17) is 0 Å². The molecule has 0 unspecified atom stereocenters. The number of benzene rings is 2. The van der Waals surface area contributed by atoms with Gasteiger partial charge in [-0.25, -0.2) is 4.39 Å². The second-order valence-corrected chi connectivity index (χ2v) is 5.37. The smallest absolute Gasteiger partial charge is 0.256 e. The third-order valence-corrected chi connectivity index (χ3v) is 3.70. The van der Waals surface area contributed by atoms with Gasteiger partial charge < -0.3 is 10.6 Å². The summed E-state index contributed by atoms with van der Waals surface area (Å²) < 4.78 is 13.8. The molecule has 0 aliphatic carbocycles. The quantitative estimate of drug-likeness (QED) is 0.857. The highest BCUT2D eigenvalue weighted by atomic mass is 79.9. The molecule has 110 valence electrons. The van der Waals surface area contributed by atoms with Crippen LogP contribution >= 0.6 is 15.9 Å². The van der Waals surface area contributed by atoms with Gasteiger partial charge in [0.05, 0.1) is 5.56 Å². The fourth-order valence-corrected chi connectivity index (χ4v) is 2.34. The number of halogens is 2. The molecule has 0 aliphatic rings. The van der Waals surface area contributed by atoms with Crippen molar-refractivity contribution in [3.63, 3.8) is 0 Å². The van der Waals surface area contributed by atoms with Gasteiger partial charge >= 0.3 is 0 Å². The molecule has 0 spiro atoms. The van der Waals surface area contributed by atoms with Gasteiger partial charge in [-0.3, -0.25) is 4.79 Å². The SMILES string of the molecule is CCNCc1ccccc1NC(=O)c1cc(F)ccc1Br. The molecule has 0 saturated heterocycles. The maximum Gasteiger partial charge on any atom is 0.256 e. The Labute approximate surface area is 131 Å². The maximum atomic E-state index is 13.3. The van der Waals surface area contributed by atoms with Crippen LogP contribution in [0.5, 0.6) is 0 Å². The van der Waals surface area contributed by atoms with Crippen molar-refractivity contribution in [1.82, 2.24) is 5.32 Å². The van der Waals surface area contributed by atoms with E-state index in [0.717, 1.165) is 17.8 Å². The first-order valence-corrected chi connectivity index (χ1v) is 7.46. The molecule has 0 radical (unpaired) electrons. The molecule has 0 fully saturated rings. The van der Waals surface area contributed by atoms with Crippen LogP contribution in [0.15, 0.2) is 46.9 Å². The minimum absolute atomic E-state index is 0.272. The van der Waals surface area contributed by atoms with Crippen LogP contribution in [-0.2, 0) is 6.54 Å². The van der Waals surface area contributed by atoms with E-state index in [1.165, 1.54) is 18.2 Å². The molecule has 5 heteroatoms. The molecule has 21 heavy (non-hydrogen) atoms. The van der Waals surface area contributed by atoms with Crippen LogP contribution in [0.4, 0.5) is 10.1 Å². The lowest BCUT2D eigenvalue weighted by Gasteiger charge is -2.12. The van der Waals surface area contributed by atoms with Gasteiger partial charge in [0.25, 0.3) is 5.91 Å². The normalized spacial score (nSPS) is 10.4. The zero-order valence-electron chi connectivity index (χ0n) is 11.6. The van der Waals surface area contributed by atoms with E-state index in [0.29, 0.717) is 11.0 Å². The van der Waals surface area contributed by atoms with Gasteiger partial charge in [-0.1, -0.05) is 25.1 Å². The minimum Gasteiger partial charge on any atom is -0.322 e. The van der Waals surface area contributed by atoms with E-state index < -0.39 is 5.82 Å². The Balaban J connectivity index is 2.21. The molecule has 0 saturated carbocycles. The Hall–Kier alpha value is -1.72. The number of carbonyl (C=O) groups excluding carboxylic acids is 1. The molecular weight excluding hydrogens is 335 g/mol. The molecule has 2 rings (SSSR count). The topological polar surface area (TPSA) is 41.1 Å². The van der Waals surface area contributed by atoms with Crippen molar-refractivity contribution in [2.24, 2.45) is 0 Å². The van der Waals surface area contributed by atoms with Crippen LogP contribution in [0.25, 0.3) is 0 Å². The molecule has 2 aromatic carbocycles. The summed E-state index contributed by atoms with van der Waals surface area (Å²) in [5, 5.41) is 6.05. The second-order valence-electron chi connectivity index (χ2n) is 4.52. The van der Waals surface area contributed by atoms with Crippen LogP contribution < -0.4 is 10.6 Å². The van der Waals surface area contributed by atoms with Gasteiger partial charge in [-0.15, -0.1) is 0 Å². The molecule has 3 nitrogen and oxygen atoms in total. The molecule has 0 aromatic heterocycles. The zero-order chi connectivity index (χ0) is 15.2. The summed E-state index contributed by atoms with van der Waals surface area (Å²) in [7, 11) is 0. The molecule has 0 atom stereocenters. The summed E-state index contributed by atoms with van der Waals surface area (Å²) in [5.41, 5.74) is 1.98. The fraction of sp³-hybridized carbons (Fsp3) is 0.188. The fourth-order valence-electron chi connectivity index (χ4n) is 1.92. The number of para-hydroxylation sites is 1. The van der Waals surface area contributed by atoms with Crippen LogP contribution in [0.1, 0.15) is 22.8 Å². The lowest BCUT2D eigenvalue weighted by Crippen LogP contribution is -2.17. The number of anilines is 1. The average molecular weight is 351 g/mol. The lowest BCUT2D eigenvalue weighted by molar-refractivity contribution is 0.102. The van der Waals surface area contributed by atoms with E-state index in [1.807, 2.05) is 31.2 Å². The van der Waals surface area contributed by atoms with Crippen molar-refractivity contribution in [2.75, 3.05) is 11.9 Å². The Morgan fingerprint density at radius 3 is 2.76 bits per heavy atom. The first-order valence-electron chi connectivity index (χ1n) is 6.67. The van der Waals surface area contributed by atoms with Crippen LogP contribution in [0.3, 0.4) is 0 Å². The number of hydrogen-bond acceptors (Lipinski definition) is 2. The largest absolute Gasteiger partial charge is 0.322 e. The van der Waals surface area contributed by atoms with Crippen molar-refractivity contribution >= 4 is 27.5 Å². The summed E-state index contributed by atoms with van der Waals surface area (Å²) in [4.78, 5) is 12.3. The molecule has 0 heterocycles. The summed E-state index contributed by atoms with van der Waals surface area (Å²) >= 11 is 3.27. The van der Waals surface area contributed by atoms with Crippen molar-refractivity contribution in [3.8, 4) is 0 Å². The number of amides is 1. The summed E-state index contributed by atoms with van der Waals surface area (Å²) in [6, 6.07) is 11.6. The van der Waals surface area contributed by atoms with Gasteiger partial charge in [0.2, 0.25) is 0 Å². The third kappa shape index (κ3) is 4.12. The Kier molecular flexibility index (Phi) is 5.47. The lowest BCUT2D eigenvalue weighted by atomic mass is 10.1. The number of rotatable bonds is 5. The van der Waals surface area contributed by atoms with Gasteiger partial charge in [0.15, 0.2) is 0 Å². The van der Waals surface area contributed by atoms with Crippen molar-refractivity contribution in [1.29, 1.82) is 0 Å². The average Bonchev–Trinajstić information content (AvgIpc) is 2.48. The summed E-state index contributed by atoms with van der Waals surface area (Å²) in [6.45, 7) is 3.53. The van der Waals surface area contributed by atoms with E-state index in [2.05, 4.69) is 26.6 Å². The van der Waals surface area contributed by atoms with Crippen molar-refractivity contribution in [2.45, 2.75) is 13.5 Å². The third-order valence-electron chi connectivity index (χ3n) is 3.00. The number of nitrogens with one attached hydrogen (secondary N) is 2. The highest BCUT2D eigenvalue weighted by Crippen LogP contribution is 2.21. The van der Waals surface area contributed by atoms with Crippen LogP contribution in [0, 0.1) is 5.82 Å². The molecular formula is C16H16BrFN2O. The van der Waals surface area contributed by atoms with E-state index in [-0.39, 0.29) is 11.5 Å². The van der Waals surface area contributed by atoms with Gasteiger partial charge in [-0.05, 0) is 52.3 Å². The molecule has 1 amide bonds.